The van der Waals surface area contributed by atoms with E-state index in [1.165, 1.54) is 18.2 Å². The van der Waals surface area contributed by atoms with Gasteiger partial charge in [0.25, 0.3) is 5.91 Å². The maximum Gasteiger partial charge on any atom is 0.419 e. The third kappa shape index (κ3) is 5.41. The molecule has 0 radical (unpaired) electrons. The van der Waals surface area contributed by atoms with Crippen molar-refractivity contribution >= 4 is 11.6 Å². The van der Waals surface area contributed by atoms with Gasteiger partial charge in [-0.15, -0.1) is 0 Å². The minimum Gasteiger partial charge on any atom is -0.491 e. The molecule has 0 heterocycles. The van der Waals surface area contributed by atoms with Gasteiger partial charge in [-0.3, -0.25) is 4.79 Å². The average Bonchev–Trinajstić information content (AvgIpc) is 2.58. The Morgan fingerprint density at radius 2 is 1.64 bits per heavy atom. The molecule has 0 atom stereocenters. The first-order valence-electron chi connectivity index (χ1n) is 7.72. The lowest BCUT2D eigenvalue weighted by Gasteiger charge is -2.14. The summed E-state index contributed by atoms with van der Waals surface area (Å²) in [6.07, 6.45) is -3.74. The van der Waals surface area contributed by atoms with Crippen molar-refractivity contribution in [2.45, 2.75) is 19.5 Å². The molecule has 2 rings (SSSR count). The minimum atomic E-state index is -4.55. The Morgan fingerprint density at radius 1 is 1.00 bits per heavy atom. The van der Waals surface area contributed by atoms with Gasteiger partial charge in [-0.05, 0) is 30.7 Å². The Labute approximate surface area is 143 Å². The molecule has 0 aromatic heterocycles. The summed E-state index contributed by atoms with van der Waals surface area (Å²) in [5, 5.41) is 2.58. The lowest BCUT2D eigenvalue weighted by Crippen LogP contribution is -2.21. The van der Waals surface area contributed by atoms with Crippen LogP contribution in [0.3, 0.4) is 0 Å². The summed E-state index contributed by atoms with van der Waals surface area (Å²) in [4.78, 5) is 12.0. The molecule has 0 saturated heterocycles. The number of hydrogen-bond acceptors (Lipinski definition) is 3. The molecule has 1 N–H and O–H groups in total. The van der Waals surface area contributed by atoms with Crippen LogP contribution in [-0.2, 0) is 11.0 Å². The Kier molecular flexibility index (Phi) is 6.27. The second-order valence-corrected chi connectivity index (χ2v) is 5.18. The average molecular weight is 353 g/mol. The van der Waals surface area contributed by atoms with E-state index in [1.807, 2.05) is 6.92 Å². The molecule has 0 spiro atoms. The second kappa shape index (κ2) is 8.41. The highest BCUT2D eigenvalue weighted by molar-refractivity contribution is 5.93. The van der Waals surface area contributed by atoms with Crippen LogP contribution in [0.25, 0.3) is 0 Å². The standard InChI is InChI=1S/C18H18F3NO3/c1-2-11-24-16-10-6-4-8-14(16)22-17(23)12-25-15-9-5-3-7-13(15)18(19,20)21/h3-10H,2,11-12H2,1H3,(H,22,23). The predicted molar refractivity (Wildman–Crippen MR) is 87.8 cm³/mol. The molecular formula is C18H18F3NO3. The van der Waals surface area contributed by atoms with Gasteiger partial charge < -0.3 is 14.8 Å². The van der Waals surface area contributed by atoms with E-state index in [4.69, 9.17) is 9.47 Å². The fourth-order valence-electron chi connectivity index (χ4n) is 2.06. The van der Waals surface area contributed by atoms with E-state index in [0.717, 1.165) is 12.5 Å². The van der Waals surface area contributed by atoms with Gasteiger partial charge in [0.05, 0.1) is 17.9 Å². The monoisotopic (exact) mass is 353 g/mol. The van der Waals surface area contributed by atoms with E-state index in [9.17, 15) is 18.0 Å². The largest absolute Gasteiger partial charge is 0.491 e. The molecule has 0 aliphatic heterocycles. The van der Waals surface area contributed by atoms with Gasteiger partial charge in [-0.25, -0.2) is 0 Å². The van der Waals surface area contributed by atoms with Gasteiger partial charge in [-0.1, -0.05) is 31.2 Å². The van der Waals surface area contributed by atoms with Crippen molar-refractivity contribution in [3.8, 4) is 11.5 Å². The maximum atomic E-state index is 12.9. The predicted octanol–water partition coefficient (Wildman–Crippen LogP) is 4.51. The molecule has 25 heavy (non-hydrogen) atoms. The number of halogens is 3. The van der Waals surface area contributed by atoms with Gasteiger partial charge in [0.15, 0.2) is 6.61 Å². The number of carbonyl (C=O) groups excluding carboxylic acids is 1. The Bertz CT molecular complexity index is 717. The smallest absolute Gasteiger partial charge is 0.419 e. The fourth-order valence-corrected chi connectivity index (χ4v) is 2.06. The van der Waals surface area contributed by atoms with Gasteiger partial charge >= 0.3 is 6.18 Å². The normalized spacial score (nSPS) is 11.0. The number of nitrogens with one attached hydrogen (secondary N) is 1. The molecule has 0 aliphatic carbocycles. The zero-order valence-electron chi connectivity index (χ0n) is 13.6. The van der Waals surface area contributed by atoms with Crippen LogP contribution in [0.15, 0.2) is 48.5 Å². The van der Waals surface area contributed by atoms with Gasteiger partial charge in [0.1, 0.15) is 11.5 Å². The third-order valence-electron chi connectivity index (χ3n) is 3.17. The van der Waals surface area contributed by atoms with Crippen LogP contribution in [-0.4, -0.2) is 19.1 Å². The molecular weight excluding hydrogens is 335 g/mol. The Hall–Kier alpha value is -2.70. The molecule has 1 amide bonds. The van der Waals surface area contributed by atoms with Crippen molar-refractivity contribution in [1.82, 2.24) is 0 Å². The molecule has 2 aromatic rings. The van der Waals surface area contributed by atoms with E-state index in [2.05, 4.69) is 5.32 Å². The van der Waals surface area contributed by atoms with Crippen molar-refractivity contribution in [3.05, 3.63) is 54.1 Å². The van der Waals surface area contributed by atoms with Crippen LogP contribution in [0.2, 0.25) is 0 Å². The summed E-state index contributed by atoms with van der Waals surface area (Å²) >= 11 is 0. The molecule has 0 saturated carbocycles. The van der Waals surface area contributed by atoms with E-state index >= 15 is 0 Å². The first-order valence-corrected chi connectivity index (χ1v) is 7.72. The fraction of sp³-hybridized carbons (Fsp3) is 0.278. The van der Waals surface area contributed by atoms with Crippen molar-refractivity contribution in [1.29, 1.82) is 0 Å². The van der Waals surface area contributed by atoms with Crippen LogP contribution >= 0.6 is 0 Å². The first kappa shape index (κ1) is 18.6. The molecule has 0 aliphatic rings. The van der Waals surface area contributed by atoms with Gasteiger partial charge in [0, 0.05) is 0 Å². The Balaban J connectivity index is 2.01. The number of anilines is 1. The lowest BCUT2D eigenvalue weighted by molar-refractivity contribution is -0.139. The van der Waals surface area contributed by atoms with Crippen molar-refractivity contribution < 1.29 is 27.4 Å². The van der Waals surface area contributed by atoms with E-state index < -0.39 is 24.3 Å². The number of alkyl halides is 3. The van der Waals surface area contributed by atoms with Crippen molar-refractivity contribution in [2.24, 2.45) is 0 Å². The molecule has 0 unspecified atom stereocenters. The maximum absolute atomic E-state index is 12.9. The summed E-state index contributed by atoms with van der Waals surface area (Å²) in [5.74, 6) is -0.474. The minimum absolute atomic E-state index is 0.388. The van der Waals surface area contributed by atoms with Crippen LogP contribution in [0.4, 0.5) is 18.9 Å². The molecule has 7 heteroatoms. The first-order chi connectivity index (χ1) is 11.9. The zero-order chi connectivity index (χ0) is 18.3. The molecule has 0 fully saturated rings. The van der Waals surface area contributed by atoms with E-state index in [0.29, 0.717) is 18.0 Å². The number of benzene rings is 2. The number of amides is 1. The topological polar surface area (TPSA) is 47.6 Å². The number of carbonyl (C=O) groups is 1. The van der Waals surface area contributed by atoms with Crippen LogP contribution in [0, 0.1) is 0 Å². The number of ether oxygens (including phenoxy) is 2. The third-order valence-corrected chi connectivity index (χ3v) is 3.17. The van der Waals surface area contributed by atoms with Gasteiger partial charge in [0.2, 0.25) is 0 Å². The van der Waals surface area contributed by atoms with Crippen molar-refractivity contribution in [2.75, 3.05) is 18.5 Å². The van der Waals surface area contributed by atoms with Crippen LogP contribution in [0.5, 0.6) is 11.5 Å². The molecule has 0 bridgehead atoms. The van der Waals surface area contributed by atoms with Crippen LogP contribution < -0.4 is 14.8 Å². The summed E-state index contributed by atoms with van der Waals surface area (Å²) in [6.45, 7) is 1.89. The van der Waals surface area contributed by atoms with E-state index in [-0.39, 0.29) is 5.75 Å². The lowest BCUT2D eigenvalue weighted by atomic mass is 10.2. The highest BCUT2D eigenvalue weighted by Gasteiger charge is 2.34. The summed E-state index contributed by atoms with van der Waals surface area (Å²) in [6, 6.07) is 11.6. The zero-order valence-corrected chi connectivity index (χ0v) is 13.6. The number of para-hydroxylation sites is 3. The highest BCUT2D eigenvalue weighted by Crippen LogP contribution is 2.35. The second-order valence-electron chi connectivity index (χ2n) is 5.18. The quantitative estimate of drug-likeness (QED) is 0.797. The summed E-state index contributed by atoms with van der Waals surface area (Å²) in [7, 11) is 0. The SMILES string of the molecule is CCCOc1ccccc1NC(=O)COc1ccccc1C(F)(F)F. The molecule has 134 valence electrons. The molecule has 4 nitrogen and oxygen atoms in total. The Morgan fingerprint density at radius 3 is 2.32 bits per heavy atom. The summed E-state index contributed by atoms with van der Waals surface area (Å²) in [5.41, 5.74) is -0.483. The van der Waals surface area contributed by atoms with Crippen molar-refractivity contribution in [3.63, 3.8) is 0 Å². The number of hydrogen-bond donors (Lipinski definition) is 1. The van der Waals surface area contributed by atoms with E-state index in [1.54, 1.807) is 24.3 Å². The molecule has 2 aromatic carbocycles. The number of rotatable bonds is 7. The van der Waals surface area contributed by atoms with Gasteiger partial charge in [-0.2, -0.15) is 13.2 Å². The summed E-state index contributed by atoms with van der Waals surface area (Å²) < 4.78 is 49.2. The highest BCUT2D eigenvalue weighted by atomic mass is 19.4. The van der Waals surface area contributed by atoms with Crippen LogP contribution in [0.1, 0.15) is 18.9 Å².